The van der Waals surface area contributed by atoms with E-state index in [1.54, 1.807) is 6.20 Å². The van der Waals surface area contributed by atoms with E-state index < -0.39 is 0 Å². The Kier molecular flexibility index (Phi) is 3.92. The first-order chi connectivity index (χ1) is 11.8. The second-order valence-corrected chi connectivity index (χ2v) is 5.54. The van der Waals surface area contributed by atoms with E-state index >= 15 is 0 Å². The number of aromatic nitrogens is 4. The quantitative estimate of drug-likeness (QED) is 0.796. The lowest BCUT2D eigenvalue weighted by Gasteiger charge is -2.16. The molecule has 122 valence electrons. The van der Waals surface area contributed by atoms with Crippen LogP contribution in [0, 0.1) is 11.3 Å². The van der Waals surface area contributed by atoms with E-state index in [0.29, 0.717) is 25.6 Å². The van der Waals surface area contributed by atoms with E-state index in [2.05, 4.69) is 30.8 Å². The highest BCUT2D eigenvalue weighted by Crippen LogP contribution is 2.34. The molecule has 3 heterocycles. The summed E-state index contributed by atoms with van der Waals surface area (Å²) in [5, 5.41) is 25.5. The van der Waals surface area contributed by atoms with Gasteiger partial charge in [0.25, 0.3) is 0 Å². The molecule has 24 heavy (non-hydrogen) atoms. The lowest BCUT2D eigenvalue weighted by atomic mass is 10.0. The minimum absolute atomic E-state index is 0.0334. The standard InChI is InChI=1S/C15H15N7O2/c16-5-11(15-18-20-21-19-15)6-17-12-3-1-10(2-4-12)14-13-7-23-8-22(13)9-24-14/h1-4,6,13-14,17H,7-9H2,(H,18,19,20,21). The van der Waals surface area contributed by atoms with Gasteiger partial charge in [0.05, 0.1) is 12.6 Å². The van der Waals surface area contributed by atoms with Crippen LogP contribution in [-0.4, -0.2) is 51.6 Å². The summed E-state index contributed by atoms with van der Waals surface area (Å²) >= 11 is 0. The Morgan fingerprint density at radius 3 is 3.00 bits per heavy atom. The zero-order chi connectivity index (χ0) is 16.4. The topological polar surface area (TPSA) is 112 Å². The van der Waals surface area contributed by atoms with E-state index in [4.69, 9.17) is 14.7 Å². The maximum absolute atomic E-state index is 9.14. The molecule has 4 rings (SSSR count). The molecular formula is C15H15N7O2. The molecule has 1 aromatic carbocycles. The predicted octanol–water partition coefficient (Wildman–Crippen LogP) is 0.863. The van der Waals surface area contributed by atoms with Crippen LogP contribution in [0.1, 0.15) is 17.5 Å². The molecule has 2 aliphatic heterocycles. The van der Waals surface area contributed by atoms with Gasteiger partial charge in [-0.1, -0.05) is 12.1 Å². The zero-order valence-electron chi connectivity index (χ0n) is 12.7. The lowest BCUT2D eigenvalue weighted by Crippen LogP contribution is -2.27. The number of benzene rings is 1. The van der Waals surface area contributed by atoms with Crippen LogP contribution in [-0.2, 0) is 9.47 Å². The van der Waals surface area contributed by atoms with Crippen molar-refractivity contribution < 1.29 is 9.47 Å². The van der Waals surface area contributed by atoms with Crippen molar-refractivity contribution in [2.24, 2.45) is 0 Å². The number of anilines is 1. The van der Waals surface area contributed by atoms with Gasteiger partial charge in [0, 0.05) is 11.9 Å². The van der Waals surface area contributed by atoms with Gasteiger partial charge in [-0.2, -0.15) is 10.5 Å². The number of hydrogen-bond acceptors (Lipinski definition) is 8. The summed E-state index contributed by atoms with van der Waals surface area (Å²) in [6.45, 7) is 1.94. The average Bonchev–Trinajstić information content (AvgIpc) is 3.34. The number of hydrogen-bond donors (Lipinski definition) is 2. The Balaban J connectivity index is 1.45. The van der Waals surface area contributed by atoms with E-state index in [9.17, 15) is 0 Å². The second kappa shape index (κ2) is 6.37. The maximum atomic E-state index is 9.14. The summed E-state index contributed by atoms with van der Waals surface area (Å²) in [5.41, 5.74) is 2.26. The van der Waals surface area contributed by atoms with Crippen LogP contribution in [0.3, 0.4) is 0 Å². The van der Waals surface area contributed by atoms with E-state index in [0.717, 1.165) is 11.3 Å². The number of H-pyrrole nitrogens is 1. The fraction of sp³-hybridized carbons (Fsp3) is 0.333. The number of nitrogens with zero attached hydrogens (tertiary/aromatic N) is 5. The minimum atomic E-state index is 0.0334. The maximum Gasteiger partial charge on any atom is 0.216 e. The third kappa shape index (κ3) is 2.74. The van der Waals surface area contributed by atoms with Crippen LogP contribution in [0.15, 0.2) is 30.5 Å². The Hall–Kier alpha value is -2.80. The number of fused-ring (bicyclic) bond motifs is 1. The van der Waals surface area contributed by atoms with E-state index in [1.807, 2.05) is 30.3 Å². The Morgan fingerprint density at radius 1 is 1.38 bits per heavy atom. The molecule has 0 amide bonds. The molecule has 2 saturated heterocycles. The first-order valence-corrected chi connectivity index (χ1v) is 7.49. The SMILES string of the molecule is N#CC(=CNc1ccc(C2OCN3COCC23)cc1)c1nn[nH]n1. The van der Waals surface area contributed by atoms with Gasteiger partial charge in [-0.05, 0) is 22.9 Å². The van der Waals surface area contributed by atoms with Crippen LogP contribution >= 0.6 is 0 Å². The van der Waals surface area contributed by atoms with Crippen LogP contribution in [0.5, 0.6) is 0 Å². The summed E-state index contributed by atoms with van der Waals surface area (Å²) in [6, 6.07) is 10.2. The molecule has 1 aromatic heterocycles. The van der Waals surface area contributed by atoms with E-state index in [1.165, 1.54) is 0 Å². The van der Waals surface area contributed by atoms with Gasteiger partial charge in [0.1, 0.15) is 31.2 Å². The molecule has 0 saturated carbocycles. The van der Waals surface area contributed by atoms with Crippen molar-refractivity contribution >= 4 is 11.3 Å². The molecule has 9 nitrogen and oxygen atoms in total. The van der Waals surface area contributed by atoms with Gasteiger partial charge in [-0.25, -0.2) is 4.90 Å². The Bertz CT molecular complexity index is 766. The number of aromatic amines is 1. The normalized spacial score (nSPS) is 23.9. The summed E-state index contributed by atoms with van der Waals surface area (Å²) in [7, 11) is 0. The van der Waals surface area contributed by atoms with Crippen molar-refractivity contribution in [2.75, 3.05) is 25.4 Å². The molecule has 9 heteroatoms. The number of ether oxygens (including phenoxy) is 2. The van der Waals surface area contributed by atoms with Crippen molar-refractivity contribution in [1.29, 1.82) is 5.26 Å². The van der Waals surface area contributed by atoms with Crippen molar-refractivity contribution in [2.45, 2.75) is 12.1 Å². The van der Waals surface area contributed by atoms with Crippen molar-refractivity contribution in [3.05, 3.63) is 41.9 Å². The summed E-state index contributed by atoms with van der Waals surface area (Å²) in [5.74, 6) is 0.252. The monoisotopic (exact) mass is 325 g/mol. The molecule has 2 unspecified atom stereocenters. The lowest BCUT2D eigenvalue weighted by molar-refractivity contribution is 0.0370. The zero-order valence-corrected chi connectivity index (χ0v) is 12.7. The average molecular weight is 325 g/mol. The smallest absolute Gasteiger partial charge is 0.216 e. The molecular weight excluding hydrogens is 310 g/mol. The van der Waals surface area contributed by atoms with Crippen LogP contribution in [0.2, 0.25) is 0 Å². The summed E-state index contributed by atoms with van der Waals surface area (Å²) in [4.78, 5) is 2.18. The third-order valence-corrected chi connectivity index (χ3v) is 4.11. The molecule has 2 N–H and O–H groups in total. The molecule has 2 atom stereocenters. The first-order valence-electron chi connectivity index (χ1n) is 7.49. The number of nitrogens with one attached hydrogen (secondary N) is 2. The molecule has 0 spiro atoms. The number of nitriles is 1. The van der Waals surface area contributed by atoms with Crippen LogP contribution in [0.4, 0.5) is 5.69 Å². The highest BCUT2D eigenvalue weighted by molar-refractivity contribution is 5.73. The summed E-state index contributed by atoms with van der Waals surface area (Å²) in [6.07, 6.45) is 1.59. The van der Waals surface area contributed by atoms with E-state index in [-0.39, 0.29) is 18.0 Å². The van der Waals surface area contributed by atoms with Crippen molar-refractivity contribution in [1.82, 2.24) is 25.5 Å². The predicted molar refractivity (Wildman–Crippen MR) is 83.0 cm³/mol. The minimum Gasteiger partial charge on any atom is -0.364 e. The van der Waals surface area contributed by atoms with Crippen LogP contribution < -0.4 is 5.32 Å². The highest BCUT2D eigenvalue weighted by atomic mass is 16.6. The number of tetrazole rings is 1. The van der Waals surface area contributed by atoms with Gasteiger partial charge in [0.2, 0.25) is 5.82 Å². The highest BCUT2D eigenvalue weighted by Gasteiger charge is 2.39. The van der Waals surface area contributed by atoms with Gasteiger partial charge < -0.3 is 14.8 Å². The van der Waals surface area contributed by atoms with Gasteiger partial charge in [-0.3, -0.25) is 0 Å². The molecule has 0 radical (unpaired) electrons. The fourth-order valence-corrected chi connectivity index (χ4v) is 2.86. The van der Waals surface area contributed by atoms with Crippen molar-refractivity contribution in [3.63, 3.8) is 0 Å². The molecule has 2 aliphatic rings. The van der Waals surface area contributed by atoms with Gasteiger partial charge in [-0.15, -0.1) is 10.2 Å². The first kappa shape index (κ1) is 14.8. The van der Waals surface area contributed by atoms with Crippen LogP contribution in [0.25, 0.3) is 5.57 Å². The Morgan fingerprint density at radius 2 is 2.25 bits per heavy atom. The number of allylic oxidation sites excluding steroid dienone is 1. The van der Waals surface area contributed by atoms with Crippen molar-refractivity contribution in [3.8, 4) is 6.07 Å². The summed E-state index contributed by atoms with van der Waals surface area (Å²) < 4.78 is 11.3. The van der Waals surface area contributed by atoms with Gasteiger partial charge >= 0.3 is 0 Å². The van der Waals surface area contributed by atoms with Gasteiger partial charge in [0.15, 0.2) is 0 Å². The third-order valence-electron chi connectivity index (χ3n) is 4.11. The molecule has 2 fully saturated rings. The second-order valence-electron chi connectivity index (χ2n) is 5.54. The number of rotatable bonds is 4. The fourth-order valence-electron chi connectivity index (χ4n) is 2.86. The Labute approximate surface area is 137 Å². The largest absolute Gasteiger partial charge is 0.364 e. The molecule has 0 bridgehead atoms. The molecule has 2 aromatic rings. The molecule has 0 aliphatic carbocycles.